The summed E-state index contributed by atoms with van der Waals surface area (Å²) in [6.45, 7) is 13.0. The molecule has 0 aliphatic carbocycles. The zero-order chi connectivity index (χ0) is 29.8. The van der Waals surface area contributed by atoms with Crippen molar-refractivity contribution >= 4 is 43.9 Å². The molecule has 1 heterocycles. The zero-order valence-electron chi connectivity index (χ0n) is 23.4. The van der Waals surface area contributed by atoms with Gasteiger partial charge in [0.15, 0.2) is 0 Å². The summed E-state index contributed by atoms with van der Waals surface area (Å²) in [7, 11) is 5.99. The number of carbonyl (C=O) groups excluding carboxylic acids is 4. The van der Waals surface area contributed by atoms with Crippen molar-refractivity contribution in [2.75, 3.05) is 7.11 Å². The Morgan fingerprint density at radius 1 is 0.838 bits per heavy atom. The molecule has 0 aromatic rings. The molecule has 2 radical (unpaired) electrons. The number of hydrogen-bond donors (Lipinski definition) is 2. The third-order valence-electron chi connectivity index (χ3n) is 9.35. The number of hydrogen-bond acceptors (Lipinski definition) is 9. The van der Waals surface area contributed by atoms with E-state index in [2.05, 4.69) is 4.65 Å². The minimum atomic E-state index is -2.73. The van der Waals surface area contributed by atoms with Gasteiger partial charge in [0.2, 0.25) is 0 Å². The van der Waals surface area contributed by atoms with Crippen molar-refractivity contribution in [2.45, 2.75) is 75.7 Å². The van der Waals surface area contributed by atoms with E-state index in [0.717, 1.165) is 48.7 Å². The van der Waals surface area contributed by atoms with Crippen molar-refractivity contribution in [1.82, 2.24) is 0 Å². The maximum absolute atomic E-state index is 13.7. The van der Waals surface area contributed by atoms with E-state index in [-0.39, 0.29) is 6.42 Å². The van der Waals surface area contributed by atoms with Crippen LogP contribution in [0.5, 0.6) is 0 Å². The molecule has 0 spiro atoms. The summed E-state index contributed by atoms with van der Waals surface area (Å²) in [5.74, 6) is -8.47. The van der Waals surface area contributed by atoms with E-state index in [9.17, 15) is 39.0 Å². The first-order chi connectivity index (χ1) is 16.4. The van der Waals surface area contributed by atoms with Crippen molar-refractivity contribution in [3.05, 3.63) is 0 Å². The fourth-order valence-corrected chi connectivity index (χ4v) is 6.29. The van der Waals surface area contributed by atoms with Gasteiger partial charge in [-0.05, 0) is 60.3 Å². The normalized spacial score (nSPS) is 27.2. The van der Waals surface area contributed by atoms with Gasteiger partial charge >= 0.3 is 37.9 Å². The molecule has 0 aromatic heterocycles. The standard InChI is InChI=1S/C25H37BO11/c1-19(2,3)12-21(6)16(32)36-18(34)24(21,9)23(8,14(29)30)25(10,17(33)35-11)22(7,13(27)28)20(4,5)15(31)37-26/h12H2,1-11H3,(H,27,28)(H,29,30). The first-order valence-corrected chi connectivity index (χ1v) is 11.6. The van der Waals surface area contributed by atoms with Gasteiger partial charge in [0, 0.05) is 0 Å². The lowest BCUT2D eigenvalue weighted by atomic mass is 9.36. The maximum Gasteiger partial charge on any atom is 0.378 e. The summed E-state index contributed by atoms with van der Waals surface area (Å²) in [5, 5.41) is 21.4. The Morgan fingerprint density at radius 3 is 1.62 bits per heavy atom. The predicted molar refractivity (Wildman–Crippen MR) is 129 cm³/mol. The minimum Gasteiger partial charge on any atom is -0.543 e. The van der Waals surface area contributed by atoms with Gasteiger partial charge in [-0.15, -0.1) is 0 Å². The van der Waals surface area contributed by atoms with Crippen LogP contribution in [0.25, 0.3) is 0 Å². The van der Waals surface area contributed by atoms with E-state index < -0.39 is 73.7 Å². The van der Waals surface area contributed by atoms with Crippen LogP contribution in [-0.2, 0) is 42.9 Å². The molecule has 206 valence electrons. The molecule has 0 amide bonds. The average molecular weight is 524 g/mol. The van der Waals surface area contributed by atoms with Gasteiger partial charge in [0.05, 0.1) is 39.6 Å². The Kier molecular flexibility index (Phi) is 7.92. The molecule has 1 saturated heterocycles. The molecule has 5 unspecified atom stereocenters. The fraction of sp³-hybridized carbons (Fsp3) is 0.760. The summed E-state index contributed by atoms with van der Waals surface area (Å²) in [5.41, 5.74) is -15.1. The fourth-order valence-electron chi connectivity index (χ4n) is 6.29. The Balaban J connectivity index is 4.51. The summed E-state index contributed by atoms with van der Waals surface area (Å²) < 4.78 is 14.3. The molecule has 37 heavy (non-hydrogen) atoms. The summed E-state index contributed by atoms with van der Waals surface area (Å²) in [6, 6.07) is 0. The summed E-state index contributed by atoms with van der Waals surface area (Å²) in [4.78, 5) is 79.7. The van der Waals surface area contributed by atoms with E-state index >= 15 is 0 Å². The molecule has 1 aliphatic rings. The van der Waals surface area contributed by atoms with Crippen LogP contribution in [0.4, 0.5) is 0 Å². The number of ether oxygens (including phenoxy) is 2. The Labute approximate surface area is 218 Å². The summed E-state index contributed by atoms with van der Waals surface area (Å²) >= 11 is 0. The Hall–Kier alpha value is -2.92. The molecule has 0 aromatic carbocycles. The Morgan fingerprint density at radius 2 is 1.30 bits per heavy atom. The maximum atomic E-state index is 13.7. The lowest BCUT2D eigenvalue weighted by molar-refractivity contribution is -0.231. The van der Waals surface area contributed by atoms with E-state index in [1.165, 1.54) is 6.92 Å². The van der Waals surface area contributed by atoms with E-state index in [4.69, 9.17) is 17.5 Å². The highest BCUT2D eigenvalue weighted by molar-refractivity contribution is 6.09. The monoisotopic (exact) mass is 524 g/mol. The number of esters is 3. The van der Waals surface area contributed by atoms with E-state index in [0.29, 0.717) is 0 Å². The van der Waals surface area contributed by atoms with Gasteiger partial charge in [0.1, 0.15) is 0 Å². The molecule has 11 nitrogen and oxygen atoms in total. The van der Waals surface area contributed by atoms with Crippen LogP contribution < -0.4 is 0 Å². The first-order valence-electron chi connectivity index (χ1n) is 11.6. The average Bonchev–Trinajstić information content (AvgIpc) is 2.94. The number of methoxy groups -OCH3 is 1. The number of carboxylic acids is 2. The SMILES string of the molecule is [B]OC(=O)C(C)(C)C(C)(C(=O)O)C(C)(C(=O)OC)C(C)(C(=O)O)C1(C)C(=O)OC(=O)C1(C)CC(C)(C)C. The van der Waals surface area contributed by atoms with Gasteiger partial charge in [0.25, 0.3) is 5.97 Å². The smallest absolute Gasteiger partial charge is 0.378 e. The first kappa shape index (κ1) is 32.1. The van der Waals surface area contributed by atoms with Gasteiger partial charge in [-0.25, -0.2) is 0 Å². The highest BCUT2D eigenvalue weighted by Crippen LogP contribution is 2.71. The number of aliphatic carboxylic acids is 2. The minimum absolute atomic E-state index is 0.0702. The van der Waals surface area contributed by atoms with E-state index in [1.54, 1.807) is 20.8 Å². The molecular formula is C25H37BO11. The molecule has 1 aliphatic heterocycles. The zero-order valence-corrected chi connectivity index (χ0v) is 23.4. The summed E-state index contributed by atoms with van der Waals surface area (Å²) in [6.07, 6.45) is -0.0702. The largest absolute Gasteiger partial charge is 0.543 e. The second-order valence-corrected chi connectivity index (χ2v) is 12.4. The molecule has 1 fully saturated rings. The number of rotatable bonds is 9. The van der Waals surface area contributed by atoms with Crippen LogP contribution >= 0.6 is 0 Å². The van der Waals surface area contributed by atoms with Crippen LogP contribution in [-0.4, -0.2) is 61.2 Å². The van der Waals surface area contributed by atoms with Gasteiger partial charge in [-0.2, -0.15) is 0 Å². The molecule has 1 rings (SSSR count). The molecular weight excluding hydrogens is 487 g/mol. The van der Waals surface area contributed by atoms with Crippen molar-refractivity contribution in [3.63, 3.8) is 0 Å². The van der Waals surface area contributed by atoms with Crippen LogP contribution in [0, 0.1) is 37.9 Å². The molecule has 0 saturated carbocycles. The number of carboxylic acid groups (broad SMARTS) is 2. The van der Waals surface area contributed by atoms with Crippen LogP contribution in [0.15, 0.2) is 0 Å². The molecule has 2 N–H and O–H groups in total. The lowest BCUT2D eigenvalue weighted by Crippen LogP contribution is -2.72. The van der Waals surface area contributed by atoms with Crippen molar-refractivity contribution in [1.29, 1.82) is 0 Å². The molecule has 5 atom stereocenters. The van der Waals surface area contributed by atoms with Crippen molar-refractivity contribution < 1.29 is 53.1 Å². The van der Waals surface area contributed by atoms with Crippen molar-refractivity contribution in [2.24, 2.45) is 37.9 Å². The highest BCUT2D eigenvalue weighted by atomic mass is 16.6. The van der Waals surface area contributed by atoms with Crippen LogP contribution in [0.3, 0.4) is 0 Å². The second-order valence-electron chi connectivity index (χ2n) is 12.4. The number of carbonyl (C=O) groups is 6. The quantitative estimate of drug-likeness (QED) is 0.258. The second kappa shape index (κ2) is 9.13. The van der Waals surface area contributed by atoms with Gasteiger partial charge in [-0.3, -0.25) is 28.8 Å². The Bertz CT molecular complexity index is 1040. The third kappa shape index (κ3) is 3.77. The topological polar surface area (TPSA) is 171 Å². The predicted octanol–water partition coefficient (Wildman–Crippen LogP) is 2.53. The lowest BCUT2D eigenvalue weighted by Gasteiger charge is -2.60. The highest BCUT2D eigenvalue weighted by Gasteiger charge is 2.84. The van der Waals surface area contributed by atoms with Gasteiger partial charge in [-0.1, -0.05) is 20.8 Å². The van der Waals surface area contributed by atoms with Crippen LogP contribution in [0.1, 0.15) is 75.7 Å². The third-order valence-corrected chi connectivity index (χ3v) is 9.35. The van der Waals surface area contributed by atoms with Crippen LogP contribution in [0.2, 0.25) is 0 Å². The van der Waals surface area contributed by atoms with Crippen molar-refractivity contribution in [3.8, 4) is 0 Å². The van der Waals surface area contributed by atoms with Gasteiger partial charge < -0.3 is 24.3 Å². The molecule has 12 heteroatoms. The number of cyclic esters (lactones) is 2. The molecule has 0 bridgehead atoms. The van der Waals surface area contributed by atoms with E-state index in [1.807, 2.05) is 0 Å².